The number of carbonyl (C=O) groups excluding carboxylic acids is 1. The van der Waals surface area contributed by atoms with Gasteiger partial charge in [-0.3, -0.25) is 0 Å². The second kappa shape index (κ2) is 8.64. The number of carbonyl (C=O) groups is 2. The van der Waals surface area contributed by atoms with Crippen molar-refractivity contribution in [2.75, 3.05) is 7.11 Å². The van der Waals surface area contributed by atoms with Gasteiger partial charge < -0.3 is 39.2 Å². The summed E-state index contributed by atoms with van der Waals surface area (Å²) in [4.78, 5) is 23.8. The van der Waals surface area contributed by atoms with E-state index in [1.165, 1.54) is 7.11 Å². The normalized spacial score (nSPS) is 29.7. The van der Waals surface area contributed by atoms with Crippen LogP contribution in [0.1, 0.15) is 19.4 Å². The minimum absolute atomic E-state index is 0.0450. The molecule has 0 aliphatic carbocycles. The molecule has 10 nitrogen and oxygen atoms in total. The highest BCUT2D eigenvalue weighted by Crippen LogP contribution is 2.40. The van der Waals surface area contributed by atoms with Gasteiger partial charge in [0, 0.05) is 7.11 Å². The van der Waals surface area contributed by atoms with Gasteiger partial charge in [-0.2, -0.15) is 0 Å². The number of benzene rings is 1. The summed E-state index contributed by atoms with van der Waals surface area (Å²) in [5, 5.41) is 22.4. The van der Waals surface area contributed by atoms with E-state index in [1.54, 1.807) is 38.1 Å². The van der Waals surface area contributed by atoms with Gasteiger partial charge in [0.1, 0.15) is 31.0 Å². The van der Waals surface area contributed by atoms with Crippen molar-refractivity contribution in [3.63, 3.8) is 0 Å². The summed E-state index contributed by atoms with van der Waals surface area (Å²) in [6.45, 7) is 3.33. The van der Waals surface area contributed by atoms with Crippen molar-refractivity contribution in [2.45, 2.75) is 63.0 Å². The summed E-state index contributed by atoms with van der Waals surface area (Å²) in [5.74, 6) is -2.40. The minimum atomic E-state index is -1.69. The van der Waals surface area contributed by atoms with E-state index >= 15 is 0 Å². The summed E-state index contributed by atoms with van der Waals surface area (Å²) in [6.07, 6.45) is -5.98. The lowest BCUT2D eigenvalue weighted by Crippen LogP contribution is -2.55. The van der Waals surface area contributed by atoms with Crippen LogP contribution in [0.15, 0.2) is 30.3 Å². The quantitative estimate of drug-likeness (QED) is 0.590. The van der Waals surface area contributed by atoms with Crippen molar-refractivity contribution < 1.29 is 43.5 Å². The Morgan fingerprint density at radius 2 is 1.86 bits per heavy atom. The van der Waals surface area contributed by atoms with E-state index in [-0.39, 0.29) is 6.61 Å². The number of ether oxygens (including phenoxy) is 5. The van der Waals surface area contributed by atoms with E-state index in [0.29, 0.717) is 0 Å². The molecule has 1 aromatic rings. The first-order valence-corrected chi connectivity index (χ1v) is 9.14. The molecule has 0 aromatic heterocycles. The summed E-state index contributed by atoms with van der Waals surface area (Å²) >= 11 is 0. The number of fused-ring (bicyclic) bond motifs is 1. The number of aliphatic hydroxyl groups is 1. The molecule has 3 N–H and O–H groups in total. The zero-order valence-electron chi connectivity index (χ0n) is 16.3. The molecule has 0 spiro atoms. The summed E-state index contributed by atoms with van der Waals surface area (Å²) in [7, 11) is 1.40. The largest absolute Gasteiger partial charge is 0.480 e. The molecular formula is C19H25NO9. The van der Waals surface area contributed by atoms with Crippen molar-refractivity contribution in [3.8, 4) is 0 Å². The molecule has 1 amide bonds. The molecule has 0 bridgehead atoms. The van der Waals surface area contributed by atoms with Gasteiger partial charge in [0.2, 0.25) is 0 Å². The van der Waals surface area contributed by atoms with Crippen molar-refractivity contribution in [1.82, 2.24) is 5.32 Å². The Morgan fingerprint density at radius 1 is 1.21 bits per heavy atom. The van der Waals surface area contributed by atoms with E-state index in [9.17, 15) is 19.8 Å². The van der Waals surface area contributed by atoms with Crippen LogP contribution >= 0.6 is 0 Å². The molecule has 6 atom stereocenters. The average molecular weight is 411 g/mol. The number of alkyl carbamates (subject to hydrolysis) is 1. The molecule has 2 heterocycles. The van der Waals surface area contributed by atoms with Gasteiger partial charge in [0.05, 0.1) is 0 Å². The first-order valence-electron chi connectivity index (χ1n) is 9.14. The number of aliphatic hydroxyl groups excluding tert-OH is 1. The Morgan fingerprint density at radius 3 is 2.48 bits per heavy atom. The lowest BCUT2D eigenvalue weighted by Gasteiger charge is -2.29. The van der Waals surface area contributed by atoms with Crippen LogP contribution in [0.4, 0.5) is 4.79 Å². The molecule has 2 saturated heterocycles. The Labute approximate surface area is 167 Å². The van der Waals surface area contributed by atoms with Gasteiger partial charge in [-0.25, -0.2) is 9.59 Å². The van der Waals surface area contributed by atoms with E-state index in [1.807, 2.05) is 6.07 Å². The first-order chi connectivity index (χ1) is 13.7. The average Bonchev–Trinajstić information content (AvgIpc) is 3.17. The van der Waals surface area contributed by atoms with E-state index in [2.05, 4.69) is 5.32 Å². The third kappa shape index (κ3) is 4.85. The number of aliphatic carboxylic acids is 1. The van der Waals surface area contributed by atoms with Crippen LogP contribution in [0.25, 0.3) is 0 Å². The number of methoxy groups -OCH3 is 1. The van der Waals surface area contributed by atoms with Crippen molar-refractivity contribution in [1.29, 1.82) is 0 Å². The van der Waals surface area contributed by atoms with Gasteiger partial charge >= 0.3 is 12.1 Å². The molecule has 3 rings (SSSR count). The van der Waals surface area contributed by atoms with E-state index in [4.69, 9.17) is 23.7 Å². The maximum absolute atomic E-state index is 12.1. The third-order valence-electron chi connectivity index (χ3n) is 4.71. The number of hydrogen-bond donors (Lipinski definition) is 3. The first kappa shape index (κ1) is 21.5. The smallest absolute Gasteiger partial charge is 0.408 e. The van der Waals surface area contributed by atoms with Crippen LogP contribution in [-0.4, -0.2) is 71.9 Å². The number of carboxylic acids is 1. The highest BCUT2D eigenvalue weighted by atomic mass is 16.8. The molecule has 1 aromatic carbocycles. The Bertz CT molecular complexity index is 726. The second-order valence-electron chi connectivity index (χ2n) is 7.28. The summed E-state index contributed by atoms with van der Waals surface area (Å²) < 4.78 is 27.3. The summed E-state index contributed by atoms with van der Waals surface area (Å²) in [5.41, 5.74) is 0.735. The van der Waals surface area contributed by atoms with Crippen LogP contribution in [0, 0.1) is 0 Å². The Balaban J connectivity index is 1.65. The molecule has 29 heavy (non-hydrogen) atoms. The molecule has 0 radical (unpaired) electrons. The van der Waals surface area contributed by atoms with Crippen LogP contribution in [0.3, 0.4) is 0 Å². The fourth-order valence-electron chi connectivity index (χ4n) is 3.43. The van der Waals surface area contributed by atoms with Crippen molar-refractivity contribution >= 4 is 12.1 Å². The number of hydrogen-bond acceptors (Lipinski definition) is 8. The zero-order valence-corrected chi connectivity index (χ0v) is 16.3. The van der Waals surface area contributed by atoms with Crippen LogP contribution in [0.2, 0.25) is 0 Å². The lowest BCUT2D eigenvalue weighted by atomic mass is 10.00. The van der Waals surface area contributed by atoms with Gasteiger partial charge in [-0.05, 0) is 19.4 Å². The van der Waals surface area contributed by atoms with Crippen LogP contribution < -0.4 is 5.32 Å². The van der Waals surface area contributed by atoms with E-state index < -0.39 is 54.6 Å². The van der Waals surface area contributed by atoms with Crippen molar-refractivity contribution in [2.24, 2.45) is 0 Å². The van der Waals surface area contributed by atoms with E-state index in [0.717, 1.165) is 5.56 Å². The van der Waals surface area contributed by atoms with Crippen LogP contribution in [0.5, 0.6) is 0 Å². The molecule has 0 saturated carbocycles. The fraction of sp³-hybridized carbons (Fsp3) is 0.579. The predicted molar refractivity (Wildman–Crippen MR) is 96.7 cm³/mol. The number of rotatable bonds is 7. The van der Waals surface area contributed by atoms with Gasteiger partial charge in [-0.15, -0.1) is 0 Å². The highest BCUT2D eigenvalue weighted by molar-refractivity contribution is 5.80. The number of amides is 1. The van der Waals surface area contributed by atoms with Crippen molar-refractivity contribution in [3.05, 3.63) is 35.9 Å². The third-order valence-corrected chi connectivity index (χ3v) is 4.71. The molecule has 2 fully saturated rings. The number of carboxylic acid groups (broad SMARTS) is 1. The predicted octanol–water partition coefficient (Wildman–Crippen LogP) is 0.618. The van der Waals surface area contributed by atoms with Gasteiger partial charge in [0.15, 0.2) is 18.1 Å². The van der Waals surface area contributed by atoms with Crippen LogP contribution in [-0.2, 0) is 35.1 Å². The fourth-order valence-corrected chi connectivity index (χ4v) is 3.43. The summed E-state index contributed by atoms with van der Waals surface area (Å²) in [6, 6.07) is 7.21. The SMILES string of the molecule is CO[C@@H]1O[C@H]([C@H](O)[C@@H](NC(=O)OCc2ccccc2)C(=O)O)[C@H]2OC(C)(C)O[C@@H]12. The molecule has 160 valence electrons. The highest BCUT2D eigenvalue weighted by Gasteiger charge is 2.59. The maximum atomic E-state index is 12.1. The zero-order chi connectivity index (χ0) is 21.2. The standard InChI is InChI=1S/C19H25NO9/c1-19(2)28-14-13(27-17(25-3)15(14)29-19)12(21)11(16(22)23)20-18(24)26-9-10-7-5-4-6-8-10/h4-8,11-15,17,21H,9H2,1-3H3,(H,20,24)(H,22,23)/t11-,12-,13-,14-,15-,17-/m1/s1. The second-order valence-corrected chi connectivity index (χ2v) is 7.28. The molecular weight excluding hydrogens is 386 g/mol. The molecule has 2 aliphatic heterocycles. The van der Waals surface area contributed by atoms with Gasteiger partial charge in [0.25, 0.3) is 0 Å². The molecule has 0 unspecified atom stereocenters. The number of nitrogens with one attached hydrogen (secondary N) is 1. The minimum Gasteiger partial charge on any atom is -0.480 e. The topological polar surface area (TPSA) is 133 Å². The molecule has 10 heteroatoms. The maximum Gasteiger partial charge on any atom is 0.408 e. The molecule has 2 aliphatic rings. The van der Waals surface area contributed by atoms with Gasteiger partial charge in [-0.1, -0.05) is 30.3 Å². The monoisotopic (exact) mass is 411 g/mol. The Kier molecular flexibility index (Phi) is 6.39. The Hall–Kier alpha value is -2.24. The lowest BCUT2D eigenvalue weighted by molar-refractivity contribution is -0.238.